The lowest BCUT2D eigenvalue weighted by Gasteiger charge is -2.19. The molecule has 0 saturated heterocycles. The number of aromatic nitrogens is 1. The van der Waals surface area contributed by atoms with Crippen molar-refractivity contribution < 1.29 is 4.79 Å². The van der Waals surface area contributed by atoms with Gasteiger partial charge < -0.3 is 15.2 Å². The van der Waals surface area contributed by atoms with Crippen molar-refractivity contribution in [3.8, 4) is 0 Å². The zero-order valence-electron chi connectivity index (χ0n) is 14.7. The number of hydrogen-bond acceptors (Lipinski definition) is 2. The van der Waals surface area contributed by atoms with E-state index in [0.29, 0.717) is 13.0 Å². The van der Waals surface area contributed by atoms with Crippen molar-refractivity contribution >= 4 is 22.5 Å². The van der Waals surface area contributed by atoms with Gasteiger partial charge in [-0.2, -0.15) is 0 Å². The average molecular weight is 335 g/mol. The van der Waals surface area contributed by atoms with Gasteiger partial charge in [0.15, 0.2) is 0 Å². The van der Waals surface area contributed by atoms with Gasteiger partial charge in [-0.3, -0.25) is 4.79 Å². The number of aryl methyl sites for hydroxylation is 1. The fourth-order valence-electron chi connectivity index (χ4n) is 3.03. The van der Waals surface area contributed by atoms with E-state index in [0.717, 1.165) is 24.9 Å². The number of para-hydroxylation sites is 2. The molecule has 4 heteroatoms. The lowest BCUT2D eigenvalue weighted by Crippen LogP contribution is -2.28. The van der Waals surface area contributed by atoms with Crippen molar-refractivity contribution in [2.45, 2.75) is 19.3 Å². The van der Waals surface area contributed by atoms with Crippen LogP contribution in [0.5, 0.6) is 0 Å². The molecule has 25 heavy (non-hydrogen) atoms. The minimum atomic E-state index is 0.118. The van der Waals surface area contributed by atoms with Gasteiger partial charge in [-0.05, 0) is 36.6 Å². The molecule has 0 bridgehead atoms. The van der Waals surface area contributed by atoms with Crippen molar-refractivity contribution in [3.63, 3.8) is 0 Å². The summed E-state index contributed by atoms with van der Waals surface area (Å²) < 4.78 is 0. The fourth-order valence-corrected chi connectivity index (χ4v) is 3.03. The van der Waals surface area contributed by atoms with E-state index in [2.05, 4.69) is 46.5 Å². The van der Waals surface area contributed by atoms with E-state index in [9.17, 15) is 4.79 Å². The molecule has 2 aromatic carbocycles. The quantitative estimate of drug-likeness (QED) is 0.616. The number of fused-ring (bicyclic) bond motifs is 1. The number of nitrogens with one attached hydrogen (secondary N) is 2. The summed E-state index contributed by atoms with van der Waals surface area (Å²) in [5.41, 5.74) is 3.53. The van der Waals surface area contributed by atoms with Crippen LogP contribution in [0.15, 0.2) is 60.8 Å². The summed E-state index contributed by atoms with van der Waals surface area (Å²) in [5.74, 6) is 0.118. The predicted octanol–water partition coefficient (Wildman–Crippen LogP) is 3.74. The summed E-state index contributed by atoms with van der Waals surface area (Å²) in [6, 6.07) is 18.5. The SMILES string of the molecule is CN(CCCNC(=O)CCc1c[nH]c2ccccc12)c1ccccc1. The molecule has 0 fully saturated rings. The minimum Gasteiger partial charge on any atom is -0.375 e. The number of H-pyrrole nitrogens is 1. The molecule has 0 aliphatic rings. The first kappa shape index (κ1) is 17.1. The third kappa shape index (κ3) is 4.63. The van der Waals surface area contributed by atoms with Crippen molar-refractivity contribution in [2.24, 2.45) is 0 Å². The molecule has 1 amide bonds. The van der Waals surface area contributed by atoms with Crippen LogP contribution < -0.4 is 10.2 Å². The molecule has 2 N–H and O–H groups in total. The first-order valence-electron chi connectivity index (χ1n) is 8.82. The van der Waals surface area contributed by atoms with Gasteiger partial charge in [-0.25, -0.2) is 0 Å². The number of carbonyl (C=O) groups is 1. The van der Waals surface area contributed by atoms with Gasteiger partial charge in [0.25, 0.3) is 0 Å². The number of aromatic amines is 1. The molecule has 1 heterocycles. The van der Waals surface area contributed by atoms with Crippen LogP contribution in [0.2, 0.25) is 0 Å². The highest BCUT2D eigenvalue weighted by atomic mass is 16.1. The Balaban J connectivity index is 1.37. The smallest absolute Gasteiger partial charge is 0.220 e. The molecule has 3 rings (SSSR count). The van der Waals surface area contributed by atoms with Crippen LogP contribution in [0.1, 0.15) is 18.4 Å². The first-order chi connectivity index (χ1) is 12.2. The molecule has 0 unspecified atom stereocenters. The number of amides is 1. The minimum absolute atomic E-state index is 0.118. The van der Waals surface area contributed by atoms with Crippen molar-refractivity contribution in [1.82, 2.24) is 10.3 Å². The van der Waals surface area contributed by atoms with Gasteiger partial charge >= 0.3 is 0 Å². The van der Waals surface area contributed by atoms with Crippen LogP contribution in [-0.4, -0.2) is 31.0 Å². The van der Waals surface area contributed by atoms with E-state index >= 15 is 0 Å². The Bertz CT molecular complexity index is 810. The van der Waals surface area contributed by atoms with E-state index in [4.69, 9.17) is 0 Å². The topological polar surface area (TPSA) is 48.1 Å². The Morgan fingerprint density at radius 1 is 1.08 bits per heavy atom. The van der Waals surface area contributed by atoms with Gasteiger partial charge in [-0.1, -0.05) is 36.4 Å². The zero-order valence-corrected chi connectivity index (χ0v) is 14.7. The Hall–Kier alpha value is -2.75. The molecular weight excluding hydrogens is 310 g/mol. The Morgan fingerprint density at radius 3 is 2.68 bits per heavy atom. The van der Waals surface area contributed by atoms with E-state index in [-0.39, 0.29) is 5.91 Å². The molecule has 0 radical (unpaired) electrons. The van der Waals surface area contributed by atoms with Gasteiger partial charge in [0.2, 0.25) is 5.91 Å². The molecule has 0 atom stereocenters. The van der Waals surface area contributed by atoms with E-state index in [1.165, 1.54) is 16.6 Å². The lowest BCUT2D eigenvalue weighted by molar-refractivity contribution is -0.121. The third-order valence-corrected chi connectivity index (χ3v) is 4.49. The van der Waals surface area contributed by atoms with E-state index in [1.807, 2.05) is 36.5 Å². The summed E-state index contributed by atoms with van der Waals surface area (Å²) in [4.78, 5) is 17.5. The molecule has 130 valence electrons. The zero-order chi connectivity index (χ0) is 17.5. The lowest BCUT2D eigenvalue weighted by atomic mass is 10.1. The molecule has 0 aliphatic heterocycles. The highest BCUT2D eigenvalue weighted by Gasteiger charge is 2.06. The van der Waals surface area contributed by atoms with Gasteiger partial charge in [-0.15, -0.1) is 0 Å². The number of carbonyl (C=O) groups excluding carboxylic acids is 1. The Kier molecular flexibility index (Phi) is 5.73. The van der Waals surface area contributed by atoms with Crippen molar-refractivity contribution in [1.29, 1.82) is 0 Å². The number of anilines is 1. The number of rotatable bonds is 8. The summed E-state index contributed by atoms with van der Waals surface area (Å²) in [6.45, 7) is 1.64. The van der Waals surface area contributed by atoms with E-state index in [1.54, 1.807) is 0 Å². The largest absolute Gasteiger partial charge is 0.375 e. The second-order valence-electron chi connectivity index (χ2n) is 6.32. The van der Waals surface area contributed by atoms with Crippen LogP contribution >= 0.6 is 0 Å². The number of benzene rings is 2. The summed E-state index contributed by atoms with van der Waals surface area (Å²) in [6.07, 6.45) is 4.23. The Morgan fingerprint density at radius 2 is 1.84 bits per heavy atom. The average Bonchev–Trinajstić information content (AvgIpc) is 3.07. The number of nitrogens with zero attached hydrogens (tertiary/aromatic N) is 1. The highest BCUT2D eigenvalue weighted by molar-refractivity contribution is 5.84. The van der Waals surface area contributed by atoms with Crippen molar-refractivity contribution in [3.05, 3.63) is 66.4 Å². The maximum Gasteiger partial charge on any atom is 0.220 e. The molecule has 4 nitrogen and oxygen atoms in total. The van der Waals surface area contributed by atoms with Crippen LogP contribution in [0.3, 0.4) is 0 Å². The van der Waals surface area contributed by atoms with Crippen LogP contribution in [0.25, 0.3) is 10.9 Å². The highest BCUT2D eigenvalue weighted by Crippen LogP contribution is 2.18. The predicted molar refractivity (Wildman–Crippen MR) is 104 cm³/mol. The third-order valence-electron chi connectivity index (χ3n) is 4.49. The molecular formula is C21H25N3O. The first-order valence-corrected chi connectivity index (χ1v) is 8.82. The molecule has 0 spiro atoms. The van der Waals surface area contributed by atoms with E-state index < -0.39 is 0 Å². The Labute approximate surface area is 148 Å². The second kappa shape index (κ2) is 8.38. The molecule has 0 aliphatic carbocycles. The van der Waals surface area contributed by atoms with Gasteiger partial charge in [0, 0.05) is 49.3 Å². The molecule has 3 aromatic rings. The molecule has 1 aromatic heterocycles. The summed E-state index contributed by atoms with van der Waals surface area (Å²) >= 11 is 0. The van der Waals surface area contributed by atoms with Crippen LogP contribution in [0, 0.1) is 0 Å². The van der Waals surface area contributed by atoms with Crippen LogP contribution in [0.4, 0.5) is 5.69 Å². The van der Waals surface area contributed by atoms with Crippen LogP contribution in [-0.2, 0) is 11.2 Å². The summed E-state index contributed by atoms with van der Waals surface area (Å²) in [7, 11) is 2.08. The second-order valence-corrected chi connectivity index (χ2v) is 6.32. The summed E-state index contributed by atoms with van der Waals surface area (Å²) in [5, 5.41) is 4.23. The standard InChI is InChI=1S/C21H25N3O/c1-24(18-8-3-2-4-9-18)15-7-14-22-21(25)13-12-17-16-23-20-11-6-5-10-19(17)20/h2-6,8-11,16,23H,7,12-15H2,1H3,(H,22,25). The number of hydrogen-bond donors (Lipinski definition) is 2. The normalized spacial score (nSPS) is 10.8. The fraction of sp³-hybridized carbons (Fsp3) is 0.286. The van der Waals surface area contributed by atoms with Gasteiger partial charge in [0.05, 0.1) is 0 Å². The monoisotopic (exact) mass is 335 g/mol. The maximum absolute atomic E-state index is 12.1. The molecule has 0 saturated carbocycles. The van der Waals surface area contributed by atoms with Crippen molar-refractivity contribution in [2.75, 3.05) is 25.0 Å². The van der Waals surface area contributed by atoms with Gasteiger partial charge in [0.1, 0.15) is 0 Å². The maximum atomic E-state index is 12.1.